The molecular formula is C14H23N3. The summed E-state index contributed by atoms with van der Waals surface area (Å²) in [5.74, 6) is 0.617. The maximum atomic E-state index is 5.87. The van der Waals surface area contributed by atoms with E-state index in [0.717, 1.165) is 30.6 Å². The van der Waals surface area contributed by atoms with Gasteiger partial charge in [-0.25, -0.2) is 4.98 Å². The van der Waals surface area contributed by atoms with Gasteiger partial charge in [0.2, 0.25) is 0 Å². The number of pyridine rings is 1. The van der Waals surface area contributed by atoms with Crippen molar-refractivity contribution >= 4 is 11.4 Å². The third-order valence-corrected chi connectivity index (χ3v) is 2.68. The van der Waals surface area contributed by atoms with Crippen LogP contribution in [0.4, 0.5) is 5.82 Å². The highest BCUT2D eigenvalue weighted by atomic mass is 14.8. The predicted octanol–water partition coefficient (Wildman–Crippen LogP) is 2.77. The smallest absolute Gasteiger partial charge is 0.130 e. The minimum Gasteiger partial charge on any atom is -0.383 e. The molecule has 0 bridgehead atoms. The molecule has 94 valence electrons. The highest BCUT2D eigenvalue weighted by Gasteiger charge is 2.02. The third kappa shape index (κ3) is 4.57. The summed E-state index contributed by atoms with van der Waals surface area (Å²) in [5, 5.41) is 3.38. The van der Waals surface area contributed by atoms with Gasteiger partial charge in [0.1, 0.15) is 5.82 Å². The fourth-order valence-electron chi connectivity index (χ4n) is 1.70. The Morgan fingerprint density at radius 2 is 2.24 bits per heavy atom. The van der Waals surface area contributed by atoms with Crippen molar-refractivity contribution < 1.29 is 0 Å². The van der Waals surface area contributed by atoms with Crippen LogP contribution in [-0.4, -0.2) is 18.1 Å². The van der Waals surface area contributed by atoms with E-state index in [1.807, 2.05) is 6.92 Å². The lowest BCUT2D eigenvalue weighted by atomic mass is 10.1. The molecule has 0 atom stereocenters. The summed E-state index contributed by atoms with van der Waals surface area (Å²) in [6.45, 7) is 8.40. The van der Waals surface area contributed by atoms with Crippen molar-refractivity contribution in [1.82, 2.24) is 10.3 Å². The molecule has 0 spiro atoms. The van der Waals surface area contributed by atoms with Crippen LogP contribution >= 0.6 is 0 Å². The number of nitrogens with zero attached hydrogens (tertiary/aromatic N) is 1. The molecule has 0 unspecified atom stereocenters. The van der Waals surface area contributed by atoms with Crippen molar-refractivity contribution in [3.05, 3.63) is 29.5 Å². The molecule has 0 aliphatic heterocycles. The molecule has 0 aliphatic rings. The van der Waals surface area contributed by atoms with E-state index in [0.29, 0.717) is 5.82 Å². The van der Waals surface area contributed by atoms with Crippen molar-refractivity contribution in [2.24, 2.45) is 0 Å². The first-order valence-electron chi connectivity index (χ1n) is 6.25. The normalized spacial score (nSPS) is 11.8. The fraction of sp³-hybridized carbons (Fsp3) is 0.500. The van der Waals surface area contributed by atoms with Crippen LogP contribution in [-0.2, 0) is 0 Å². The molecule has 0 aliphatic carbocycles. The van der Waals surface area contributed by atoms with E-state index in [2.05, 4.69) is 36.3 Å². The Morgan fingerprint density at radius 3 is 2.94 bits per heavy atom. The number of anilines is 1. The number of hydrogen-bond acceptors (Lipinski definition) is 3. The van der Waals surface area contributed by atoms with Crippen LogP contribution in [0.1, 0.15) is 37.8 Å². The molecule has 1 heterocycles. The summed E-state index contributed by atoms with van der Waals surface area (Å²) in [5.41, 5.74) is 9.28. The van der Waals surface area contributed by atoms with Crippen LogP contribution in [0.5, 0.6) is 0 Å². The molecule has 0 aromatic carbocycles. The third-order valence-electron chi connectivity index (χ3n) is 2.68. The number of allylic oxidation sites excluding steroid dienone is 1. The van der Waals surface area contributed by atoms with Gasteiger partial charge in [-0.15, -0.1) is 0 Å². The van der Waals surface area contributed by atoms with Crippen LogP contribution < -0.4 is 11.1 Å². The minimum absolute atomic E-state index is 0.617. The van der Waals surface area contributed by atoms with E-state index < -0.39 is 0 Å². The SMILES string of the molecule is CCCNCCC=C(C)c1cc(C)cnc1N. The van der Waals surface area contributed by atoms with Crippen LogP contribution in [0.2, 0.25) is 0 Å². The average molecular weight is 233 g/mol. The van der Waals surface area contributed by atoms with Gasteiger partial charge in [-0.05, 0) is 57.0 Å². The summed E-state index contributed by atoms with van der Waals surface area (Å²) in [6.07, 6.45) is 6.22. The van der Waals surface area contributed by atoms with E-state index in [1.165, 1.54) is 12.0 Å². The molecule has 17 heavy (non-hydrogen) atoms. The van der Waals surface area contributed by atoms with Crippen LogP contribution in [0.25, 0.3) is 5.57 Å². The molecule has 3 N–H and O–H groups in total. The van der Waals surface area contributed by atoms with Gasteiger partial charge in [0.25, 0.3) is 0 Å². The average Bonchev–Trinajstić information content (AvgIpc) is 2.32. The number of nitrogens with two attached hydrogens (primary N) is 1. The first kappa shape index (κ1) is 13.7. The second kappa shape index (κ2) is 7.07. The van der Waals surface area contributed by atoms with Gasteiger partial charge in [-0.1, -0.05) is 13.0 Å². The maximum absolute atomic E-state index is 5.87. The zero-order chi connectivity index (χ0) is 12.7. The zero-order valence-corrected chi connectivity index (χ0v) is 11.1. The van der Waals surface area contributed by atoms with Gasteiger partial charge in [-0.3, -0.25) is 0 Å². The molecule has 0 saturated carbocycles. The zero-order valence-electron chi connectivity index (χ0n) is 11.1. The van der Waals surface area contributed by atoms with E-state index in [4.69, 9.17) is 5.73 Å². The highest BCUT2D eigenvalue weighted by molar-refractivity contribution is 5.71. The number of nitrogen functional groups attached to an aromatic ring is 1. The predicted molar refractivity (Wildman–Crippen MR) is 74.8 cm³/mol. The number of hydrogen-bond donors (Lipinski definition) is 2. The van der Waals surface area contributed by atoms with Gasteiger partial charge in [0, 0.05) is 11.8 Å². The maximum Gasteiger partial charge on any atom is 0.130 e. The Morgan fingerprint density at radius 1 is 1.47 bits per heavy atom. The molecule has 0 fully saturated rings. The topological polar surface area (TPSA) is 50.9 Å². The first-order valence-corrected chi connectivity index (χ1v) is 6.25. The number of rotatable bonds is 6. The van der Waals surface area contributed by atoms with Crippen molar-refractivity contribution in [2.45, 2.75) is 33.6 Å². The number of aryl methyl sites for hydroxylation is 1. The highest BCUT2D eigenvalue weighted by Crippen LogP contribution is 2.20. The molecule has 0 amide bonds. The molecule has 3 heteroatoms. The molecule has 3 nitrogen and oxygen atoms in total. The standard InChI is InChI=1S/C14H23N3/c1-4-7-16-8-5-6-12(3)13-9-11(2)10-17-14(13)15/h6,9-10,16H,4-5,7-8H2,1-3H3,(H2,15,17). The minimum atomic E-state index is 0.617. The van der Waals surface area contributed by atoms with Crippen LogP contribution in [0.3, 0.4) is 0 Å². The van der Waals surface area contributed by atoms with E-state index >= 15 is 0 Å². The molecule has 1 rings (SSSR count). The molecular weight excluding hydrogens is 210 g/mol. The molecule has 0 saturated heterocycles. The van der Waals surface area contributed by atoms with Crippen molar-refractivity contribution in [3.8, 4) is 0 Å². The van der Waals surface area contributed by atoms with Crippen molar-refractivity contribution in [1.29, 1.82) is 0 Å². The summed E-state index contributed by atoms with van der Waals surface area (Å²) < 4.78 is 0. The Labute approximate surface area is 104 Å². The quantitative estimate of drug-likeness (QED) is 0.743. The van der Waals surface area contributed by atoms with E-state index in [9.17, 15) is 0 Å². The van der Waals surface area contributed by atoms with Crippen molar-refractivity contribution in [3.63, 3.8) is 0 Å². The monoisotopic (exact) mass is 233 g/mol. The second-order valence-electron chi connectivity index (χ2n) is 4.37. The molecule has 0 radical (unpaired) electrons. The van der Waals surface area contributed by atoms with Gasteiger partial charge in [-0.2, -0.15) is 0 Å². The van der Waals surface area contributed by atoms with Gasteiger partial charge < -0.3 is 11.1 Å². The lowest BCUT2D eigenvalue weighted by Gasteiger charge is -2.07. The first-order chi connectivity index (χ1) is 8.15. The lowest BCUT2D eigenvalue weighted by Crippen LogP contribution is -2.15. The summed E-state index contributed by atoms with van der Waals surface area (Å²) >= 11 is 0. The van der Waals surface area contributed by atoms with Gasteiger partial charge >= 0.3 is 0 Å². The summed E-state index contributed by atoms with van der Waals surface area (Å²) in [6, 6.07) is 2.09. The molecule has 1 aromatic rings. The summed E-state index contributed by atoms with van der Waals surface area (Å²) in [7, 11) is 0. The van der Waals surface area contributed by atoms with Gasteiger partial charge in [0.05, 0.1) is 0 Å². The Bertz CT molecular complexity index is 383. The number of aromatic nitrogens is 1. The summed E-state index contributed by atoms with van der Waals surface area (Å²) in [4.78, 5) is 4.18. The Balaban J connectivity index is 2.58. The van der Waals surface area contributed by atoms with E-state index in [1.54, 1.807) is 6.20 Å². The number of nitrogens with one attached hydrogen (secondary N) is 1. The van der Waals surface area contributed by atoms with Gasteiger partial charge in [0.15, 0.2) is 0 Å². The lowest BCUT2D eigenvalue weighted by molar-refractivity contribution is 0.678. The second-order valence-corrected chi connectivity index (χ2v) is 4.37. The largest absolute Gasteiger partial charge is 0.383 e. The Kier molecular flexibility index (Phi) is 5.70. The van der Waals surface area contributed by atoms with E-state index in [-0.39, 0.29) is 0 Å². The fourth-order valence-corrected chi connectivity index (χ4v) is 1.70. The van der Waals surface area contributed by atoms with Crippen LogP contribution in [0, 0.1) is 6.92 Å². The van der Waals surface area contributed by atoms with Crippen LogP contribution in [0.15, 0.2) is 18.3 Å². The molecule has 1 aromatic heterocycles. The Hall–Kier alpha value is -1.35. The van der Waals surface area contributed by atoms with Crippen molar-refractivity contribution in [2.75, 3.05) is 18.8 Å².